The Labute approximate surface area is 65.3 Å². The highest BCUT2D eigenvalue weighted by atomic mass is 32.9. The van der Waals surface area contributed by atoms with Crippen LogP contribution in [0.3, 0.4) is 0 Å². The third kappa shape index (κ3) is 1.55. The summed E-state index contributed by atoms with van der Waals surface area (Å²) in [5, 5.41) is 11.2. The number of nitrogens with zero attached hydrogens (tertiary/aromatic N) is 1. The Morgan fingerprint density at radius 3 is 2.55 bits per heavy atom. The summed E-state index contributed by atoms with van der Waals surface area (Å²) in [6, 6.07) is 0. The fourth-order valence-electron chi connectivity index (χ4n) is 0.579. The fraction of sp³-hybridized carbons (Fsp3) is 0. The lowest BCUT2D eigenvalue weighted by atomic mass is 10.6. The van der Waals surface area contributed by atoms with Crippen molar-refractivity contribution in [3.8, 4) is 0 Å². The van der Waals surface area contributed by atoms with Gasteiger partial charge in [0.05, 0.1) is 14.4 Å². The molecular weight excluding hydrogens is 190 g/mol. The van der Waals surface area contributed by atoms with Crippen molar-refractivity contribution in [3.63, 3.8) is 0 Å². The maximum absolute atomic E-state index is 10.3. The third-order valence-electron chi connectivity index (χ3n) is 0.974. The first-order valence-electron chi connectivity index (χ1n) is 2.48. The van der Waals surface area contributed by atoms with Crippen LogP contribution in [0.1, 0.15) is 0 Å². The summed E-state index contributed by atoms with van der Waals surface area (Å²) in [4.78, 5) is 9.47. The summed E-state index contributed by atoms with van der Waals surface area (Å²) >= 11 is 0. The van der Waals surface area contributed by atoms with Gasteiger partial charge in [0.25, 0.3) is 9.26 Å². The molecule has 1 aliphatic rings. The van der Waals surface area contributed by atoms with E-state index in [4.69, 9.17) is 0 Å². The zero-order valence-electron chi connectivity index (χ0n) is 5.13. The maximum Gasteiger partial charge on any atom is 0.315 e. The van der Waals surface area contributed by atoms with Gasteiger partial charge < -0.3 is 0 Å². The molecule has 0 spiro atoms. The van der Waals surface area contributed by atoms with Crippen molar-refractivity contribution < 1.29 is 13.3 Å². The van der Waals surface area contributed by atoms with Gasteiger partial charge in [0, 0.05) is 6.08 Å². The standard InChI is InChI=1S/C4H3NO4S2/c6-5(7)4-2-1-3-10(4)11(8)9/h1-3H. The minimum absolute atomic E-state index is 0.265. The topological polar surface area (TPSA) is 77.3 Å². The molecule has 0 radical (unpaired) electrons. The largest absolute Gasteiger partial charge is 0.315 e. The second-order valence-electron chi connectivity index (χ2n) is 1.59. The number of allylic oxidation sites excluding steroid dienone is 2. The molecule has 1 rings (SSSR count). The molecule has 5 nitrogen and oxygen atoms in total. The molecule has 0 aromatic carbocycles. The van der Waals surface area contributed by atoms with Gasteiger partial charge in [0.1, 0.15) is 0 Å². The molecule has 0 saturated carbocycles. The molecule has 11 heavy (non-hydrogen) atoms. The van der Waals surface area contributed by atoms with E-state index in [1.807, 2.05) is 0 Å². The lowest BCUT2D eigenvalue weighted by Crippen LogP contribution is -2.00. The summed E-state index contributed by atoms with van der Waals surface area (Å²) in [6.45, 7) is 0. The van der Waals surface area contributed by atoms with Gasteiger partial charge >= 0.3 is 5.03 Å². The lowest BCUT2D eigenvalue weighted by molar-refractivity contribution is -0.410. The molecule has 7 heteroatoms. The first kappa shape index (κ1) is 8.15. The highest BCUT2D eigenvalue weighted by molar-refractivity contribution is 8.37. The maximum atomic E-state index is 10.3. The first-order valence-corrected chi connectivity index (χ1v) is 5.36. The van der Waals surface area contributed by atoms with E-state index in [1.165, 1.54) is 17.6 Å². The predicted molar refractivity (Wildman–Crippen MR) is 40.5 cm³/mol. The van der Waals surface area contributed by atoms with Crippen LogP contribution < -0.4 is 0 Å². The van der Waals surface area contributed by atoms with Gasteiger partial charge in [-0.15, -0.1) is 0 Å². The molecule has 0 amide bonds. The van der Waals surface area contributed by atoms with Gasteiger partial charge in [0.2, 0.25) is 0 Å². The monoisotopic (exact) mass is 193 g/mol. The summed E-state index contributed by atoms with van der Waals surface area (Å²) in [7, 11) is -3.76. The smallest absolute Gasteiger partial charge is 0.258 e. The van der Waals surface area contributed by atoms with Crippen LogP contribution in [0, 0.1) is 10.1 Å². The number of hydrogen-bond donors (Lipinski definition) is 0. The second-order valence-corrected chi connectivity index (χ2v) is 5.18. The molecular formula is C4H3NO4S2. The molecule has 0 bridgehead atoms. The van der Waals surface area contributed by atoms with Crippen molar-refractivity contribution >= 4 is 18.7 Å². The van der Waals surface area contributed by atoms with Gasteiger partial charge in [-0.05, 0) is 11.5 Å². The predicted octanol–water partition coefficient (Wildman–Crippen LogP) is 0.0442. The van der Waals surface area contributed by atoms with E-state index in [9.17, 15) is 18.5 Å². The Bertz CT molecular complexity index is 380. The van der Waals surface area contributed by atoms with Crippen LogP contribution in [0.4, 0.5) is 0 Å². The van der Waals surface area contributed by atoms with Crippen LogP contribution in [0.15, 0.2) is 22.6 Å². The zero-order chi connectivity index (χ0) is 8.43. The SMILES string of the molecule is O=[N+]([O-])C1=CC=CS1=S(=O)=O. The van der Waals surface area contributed by atoms with Gasteiger partial charge in [-0.3, -0.25) is 10.1 Å². The average molecular weight is 193 g/mol. The second kappa shape index (κ2) is 2.97. The van der Waals surface area contributed by atoms with Gasteiger partial charge in [-0.1, -0.05) is 0 Å². The van der Waals surface area contributed by atoms with Crippen LogP contribution in [0.5, 0.6) is 0 Å². The van der Waals surface area contributed by atoms with Crippen molar-refractivity contribution in [1.29, 1.82) is 0 Å². The molecule has 0 aromatic rings. The van der Waals surface area contributed by atoms with E-state index in [1.54, 1.807) is 0 Å². The molecule has 0 aromatic heterocycles. The molecule has 1 unspecified atom stereocenters. The van der Waals surface area contributed by atoms with E-state index in [2.05, 4.69) is 0 Å². The Balaban J connectivity index is 3.27. The summed E-state index contributed by atoms with van der Waals surface area (Å²) < 4.78 is 20.7. The number of rotatable bonds is 1. The highest BCUT2D eigenvalue weighted by Gasteiger charge is 2.19. The Morgan fingerprint density at radius 2 is 2.18 bits per heavy atom. The fourth-order valence-corrected chi connectivity index (χ4v) is 2.76. The summed E-state index contributed by atoms with van der Waals surface area (Å²) in [5.74, 6) is 0. The number of hydrogen-bond acceptors (Lipinski definition) is 4. The third-order valence-corrected chi connectivity index (χ3v) is 4.09. The van der Waals surface area contributed by atoms with Crippen molar-refractivity contribution in [2.24, 2.45) is 0 Å². The van der Waals surface area contributed by atoms with Crippen LogP contribution in [-0.4, -0.2) is 13.3 Å². The lowest BCUT2D eigenvalue weighted by Gasteiger charge is -1.87. The van der Waals surface area contributed by atoms with Crippen LogP contribution in [-0.2, 0) is 18.7 Å². The van der Waals surface area contributed by atoms with Crippen molar-refractivity contribution in [2.75, 3.05) is 0 Å². The van der Waals surface area contributed by atoms with Gasteiger partial charge in [-0.25, -0.2) is 0 Å². The van der Waals surface area contributed by atoms with Crippen molar-refractivity contribution in [1.82, 2.24) is 0 Å². The molecule has 1 heterocycles. The van der Waals surface area contributed by atoms with E-state index in [0.717, 1.165) is 0 Å². The normalized spacial score (nSPS) is 21.5. The van der Waals surface area contributed by atoms with Crippen molar-refractivity contribution in [3.05, 3.63) is 32.7 Å². The molecule has 0 saturated heterocycles. The molecule has 0 aliphatic carbocycles. The summed E-state index contributed by atoms with van der Waals surface area (Å²) in [6.07, 6.45) is 2.57. The van der Waals surface area contributed by atoms with E-state index in [-0.39, 0.29) is 5.03 Å². The van der Waals surface area contributed by atoms with E-state index < -0.39 is 23.6 Å². The van der Waals surface area contributed by atoms with Crippen LogP contribution in [0.2, 0.25) is 0 Å². The average Bonchev–Trinajstić information content (AvgIpc) is 2.32. The summed E-state index contributed by atoms with van der Waals surface area (Å²) in [5.41, 5.74) is 0. The minimum atomic E-state index is -2.41. The molecule has 0 N–H and O–H groups in total. The molecule has 1 atom stereocenters. The van der Waals surface area contributed by atoms with E-state index in [0.29, 0.717) is 0 Å². The zero-order valence-corrected chi connectivity index (χ0v) is 6.76. The number of nitro groups is 1. The van der Waals surface area contributed by atoms with Crippen LogP contribution in [0.25, 0.3) is 0 Å². The van der Waals surface area contributed by atoms with Gasteiger partial charge in [0.15, 0.2) is 0 Å². The molecule has 0 fully saturated rings. The minimum Gasteiger partial charge on any atom is -0.258 e. The Hall–Kier alpha value is -0.950. The Morgan fingerprint density at radius 1 is 1.55 bits per heavy atom. The van der Waals surface area contributed by atoms with Crippen molar-refractivity contribution in [2.45, 2.75) is 0 Å². The molecule has 60 valence electrons. The van der Waals surface area contributed by atoms with Crippen LogP contribution >= 0.6 is 0 Å². The van der Waals surface area contributed by atoms with Gasteiger partial charge in [-0.2, -0.15) is 8.42 Å². The highest BCUT2D eigenvalue weighted by Crippen LogP contribution is 2.12. The Kier molecular flexibility index (Phi) is 2.20. The van der Waals surface area contributed by atoms with E-state index >= 15 is 0 Å². The first-order chi connectivity index (χ1) is 5.13. The molecule has 1 aliphatic heterocycles. The quantitative estimate of drug-likeness (QED) is 0.435.